The molecule has 39 heavy (non-hydrogen) atoms. The van der Waals surface area contributed by atoms with Gasteiger partial charge in [-0.25, -0.2) is 4.98 Å². The van der Waals surface area contributed by atoms with Crippen LogP contribution in [0.5, 0.6) is 0 Å². The average molecular weight is 510 g/mol. The van der Waals surface area contributed by atoms with E-state index in [9.17, 15) is 0 Å². The predicted molar refractivity (Wildman–Crippen MR) is 169 cm³/mol. The second-order valence-electron chi connectivity index (χ2n) is 13.7. The molecule has 0 unspecified atom stereocenters. The van der Waals surface area contributed by atoms with Crippen molar-refractivity contribution in [2.45, 2.75) is 54.4 Å². The zero-order chi connectivity index (χ0) is 27.1. The van der Waals surface area contributed by atoms with Crippen molar-refractivity contribution in [3.05, 3.63) is 90.4 Å². The number of hydrogen-bond acceptors (Lipinski definition) is 1. The molecule has 7 rings (SSSR count). The Hall–Kier alpha value is -3.79. The molecule has 0 atom stereocenters. The van der Waals surface area contributed by atoms with Crippen LogP contribution >= 0.6 is 0 Å². The van der Waals surface area contributed by atoms with Gasteiger partial charge in [-0.2, -0.15) is 0 Å². The van der Waals surface area contributed by atoms with Crippen LogP contribution in [-0.4, -0.2) is 20.7 Å². The van der Waals surface area contributed by atoms with Gasteiger partial charge in [0, 0.05) is 11.1 Å². The highest BCUT2D eigenvalue weighted by atomic mass is 15.2. The normalized spacial score (nSPS) is 14.5. The summed E-state index contributed by atoms with van der Waals surface area (Å²) >= 11 is 0. The molecular weight excluding hydrogens is 473 g/mol. The van der Waals surface area contributed by atoms with Gasteiger partial charge in [0.05, 0.1) is 22.1 Å². The Morgan fingerprint density at radius 3 is 2.13 bits per heavy atom. The number of nitrogens with zero attached hydrogens (tertiary/aromatic N) is 3. The molecule has 2 aromatic heterocycles. The molecule has 0 spiro atoms. The first-order chi connectivity index (χ1) is 18.6. The fourth-order valence-electron chi connectivity index (χ4n) is 6.77. The zero-order valence-corrected chi connectivity index (χ0v) is 23.9. The highest BCUT2D eigenvalue weighted by molar-refractivity contribution is 6.93. The van der Waals surface area contributed by atoms with Crippen LogP contribution in [0, 0.1) is 10.8 Å². The summed E-state index contributed by atoms with van der Waals surface area (Å²) in [6, 6.07) is 31.2. The molecule has 3 heterocycles. The van der Waals surface area contributed by atoms with Crippen LogP contribution in [0.3, 0.4) is 0 Å². The fraction of sp³-hybridized carbons (Fsp3) is 0.286. The van der Waals surface area contributed by atoms with Crippen molar-refractivity contribution in [1.82, 2.24) is 14.0 Å². The van der Waals surface area contributed by atoms with E-state index >= 15 is 0 Å². The second kappa shape index (κ2) is 8.36. The van der Waals surface area contributed by atoms with Crippen LogP contribution in [-0.2, 0) is 0 Å². The Bertz CT molecular complexity index is 1920. The first-order valence-electron chi connectivity index (χ1n) is 14.2. The van der Waals surface area contributed by atoms with Crippen LogP contribution in [0.1, 0.15) is 54.4 Å². The number of hydrogen-bond donors (Lipinski definition) is 0. The quantitative estimate of drug-likeness (QED) is 0.223. The molecule has 0 saturated carbocycles. The molecule has 194 valence electrons. The van der Waals surface area contributed by atoms with E-state index in [0.717, 1.165) is 29.7 Å². The van der Waals surface area contributed by atoms with Gasteiger partial charge < -0.3 is 0 Å². The lowest BCUT2D eigenvalue weighted by atomic mass is 9.33. The van der Waals surface area contributed by atoms with Gasteiger partial charge >= 0.3 is 0 Å². The largest absolute Gasteiger partial charge is 0.285 e. The van der Waals surface area contributed by atoms with Crippen LogP contribution in [0.15, 0.2) is 90.4 Å². The highest BCUT2D eigenvalue weighted by Gasteiger charge is 2.38. The maximum Gasteiger partial charge on any atom is 0.241 e. The van der Waals surface area contributed by atoms with Gasteiger partial charge in [0.1, 0.15) is 0 Å². The number of para-hydroxylation sites is 2. The lowest BCUT2D eigenvalue weighted by Gasteiger charge is -2.37. The van der Waals surface area contributed by atoms with Crippen molar-refractivity contribution in [1.29, 1.82) is 0 Å². The summed E-state index contributed by atoms with van der Waals surface area (Å²) < 4.78 is 4.95. The van der Waals surface area contributed by atoms with Crippen molar-refractivity contribution >= 4 is 62.0 Å². The number of benzene rings is 4. The molecule has 0 N–H and O–H groups in total. The predicted octanol–water partition coefficient (Wildman–Crippen LogP) is 7.84. The Labute approximate surface area is 231 Å². The monoisotopic (exact) mass is 509 g/mol. The van der Waals surface area contributed by atoms with Crippen LogP contribution in [0.4, 0.5) is 0 Å². The zero-order valence-electron chi connectivity index (χ0n) is 23.9. The average Bonchev–Trinajstić information content (AvgIpc) is 3.27. The molecule has 0 aliphatic carbocycles. The minimum Gasteiger partial charge on any atom is -0.285 e. The van der Waals surface area contributed by atoms with E-state index < -0.39 is 0 Å². The summed E-state index contributed by atoms with van der Waals surface area (Å²) in [5.74, 6) is 1.01. The molecule has 4 aromatic carbocycles. The van der Waals surface area contributed by atoms with Gasteiger partial charge in [0.2, 0.25) is 12.5 Å². The second-order valence-corrected chi connectivity index (χ2v) is 13.7. The smallest absolute Gasteiger partial charge is 0.241 e. The maximum absolute atomic E-state index is 5.33. The molecule has 0 bridgehead atoms. The number of imidazole rings is 1. The van der Waals surface area contributed by atoms with Gasteiger partial charge in [-0.1, -0.05) is 119 Å². The highest BCUT2D eigenvalue weighted by Crippen LogP contribution is 2.42. The first kappa shape index (κ1) is 24.3. The van der Waals surface area contributed by atoms with Crippen molar-refractivity contribution in [3.63, 3.8) is 0 Å². The van der Waals surface area contributed by atoms with E-state index in [-0.39, 0.29) is 17.5 Å². The standard InChI is InChI=1S/C35H36BN3/c1-34(2,3)21-26-30(22-35(4,5)6)39-32-25(36(26)24-14-8-7-9-15-24)20-19-23-13-12-18-29(31(23)32)38-28-17-11-10-16-27(28)37-33(38)39/h7-20H,21-22H2,1-6H3. The van der Waals surface area contributed by atoms with Crippen molar-refractivity contribution < 1.29 is 0 Å². The summed E-state index contributed by atoms with van der Waals surface area (Å²) in [7, 11) is 0. The molecule has 0 fully saturated rings. The molecular formula is C35H36BN3. The maximum atomic E-state index is 5.33. The van der Waals surface area contributed by atoms with Crippen molar-refractivity contribution in [2.75, 3.05) is 0 Å². The Morgan fingerprint density at radius 2 is 1.38 bits per heavy atom. The van der Waals surface area contributed by atoms with E-state index in [0.29, 0.717) is 0 Å². The third-order valence-corrected chi connectivity index (χ3v) is 8.09. The van der Waals surface area contributed by atoms with E-state index in [4.69, 9.17) is 4.98 Å². The summed E-state index contributed by atoms with van der Waals surface area (Å²) in [5.41, 5.74) is 10.7. The molecule has 1 aliphatic heterocycles. The fourth-order valence-corrected chi connectivity index (χ4v) is 6.77. The van der Waals surface area contributed by atoms with Crippen LogP contribution in [0.25, 0.3) is 44.3 Å². The summed E-state index contributed by atoms with van der Waals surface area (Å²) in [5, 5.41) is 2.61. The van der Waals surface area contributed by atoms with Gasteiger partial charge in [-0.05, 0) is 52.7 Å². The number of aromatic nitrogens is 3. The molecule has 6 aromatic rings. The van der Waals surface area contributed by atoms with E-state index in [1.54, 1.807) is 0 Å². The lowest BCUT2D eigenvalue weighted by molar-refractivity contribution is 0.405. The SMILES string of the molecule is CC(C)(C)CC1=C(CC(C)(C)C)n2c3c(ccc4cccc(c43)n3c4ccccc4nc23)B1c1ccccc1. The van der Waals surface area contributed by atoms with Gasteiger partial charge in [0.15, 0.2) is 0 Å². The minimum absolute atomic E-state index is 0.110. The Balaban J connectivity index is 1.75. The first-order valence-corrected chi connectivity index (χ1v) is 14.2. The third kappa shape index (κ3) is 3.84. The molecule has 1 aliphatic rings. The van der Waals surface area contributed by atoms with E-state index in [1.165, 1.54) is 43.9 Å². The number of rotatable bonds is 3. The van der Waals surface area contributed by atoms with Gasteiger partial charge in [0.25, 0.3) is 0 Å². The Kier molecular flexibility index (Phi) is 5.20. The molecule has 0 saturated heterocycles. The van der Waals surface area contributed by atoms with Gasteiger partial charge in [-0.3, -0.25) is 8.97 Å². The Morgan fingerprint density at radius 1 is 0.692 bits per heavy atom. The molecule has 4 heteroatoms. The van der Waals surface area contributed by atoms with Crippen molar-refractivity contribution in [3.8, 4) is 0 Å². The summed E-state index contributed by atoms with van der Waals surface area (Å²) in [6.45, 7) is 14.4. The third-order valence-electron chi connectivity index (χ3n) is 8.09. The molecule has 0 amide bonds. The molecule has 0 radical (unpaired) electrons. The van der Waals surface area contributed by atoms with Crippen molar-refractivity contribution in [2.24, 2.45) is 10.8 Å². The topological polar surface area (TPSA) is 22.2 Å². The van der Waals surface area contributed by atoms with E-state index in [2.05, 4.69) is 135 Å². The van der Waals surface area contributed by atoms with E-state index in [1.807, 2.05) is 0 Å². The van der Waals surface area contributed by atoms with Gasteiger partial charge in [-0.15, -0.1) is 0 Å². The number of fused-ring (bicyclic) bond motifs is 5. The molecule has 3 nitrogen and oxygen atoms in total. The summed E-state index contributed by atoms with van der Waals surface area (Å²) in [6.07, 6.45) is 2.00. The van der Waals surface area contributed by atoms with Crippen LogP contribution in [0.2, 0.25) is 0 Å². The van der Waals surface area contributed by atoms with Crippen LogP contribution < -0.4 is 10.9 Å². The number of allylic oxidation sites excluding steroid dienone is 2. The summed E-state index contributed by atoms with van der Waals surface area (Å²) in [4.78, 5) is 5.33. The lowest BCUT2D eigenvalue weighted by Crippen LogP contribution is -2.49. The minimum atomic E-state index is 0.110.